The number of amides is 1. The standard InChI is InChI=1S/C24H24F4N4OS/c1-32-13-21-18(23(32)24(33)30-17-11-19(26)22(28)20(27)12-17)10-9-16(31-34(21)29)4-2-3-14-5-7-15(25)8-6-14/h5-8,11-13,16H,2-4,9-10H2,1H3,(H2,29,31)(H,30,33). The largest absolute Gasteiger partial charge is 0.345 e. The quantitative estimate of drug-likeness (QED) is 0.318. The summed E-state index contributed by atoms with van der Waals surface area (Å²) < 4.78 is 66.9. The Hall–Kier alpha value is -2.98. The number of carbonyl (C=O) groups is 1. The van der Waals surface area contributed by atoms with Gasteiger partial charge in [-0.15, -0.1) is 0 Å². The van der Waals surface area contributed by atoms with Crippen molar-refractivity contribution in [3.63, 3.8) is 0 Å². The van der Waals surface area contributed by atoms with Crippen molar-refractivity contribution in [2.75, 3.05) is 5.32 Å². The van der Waals surface area contributed by atoms with Gasteiger partial charge in [-0.1, -0.05) is 12.1 Å². The van der Waals surface area contributed by atoms with Crippen LogP contribution >= 0.6 is 0 Å². The van der Waals surface area contributed by atoms with Gasteiger partial charge in [-0.05, 0) is 66.2 Å². The van der Waals surface area contributed by atoms with E-state index in [9.17, 15) is 22.4 Å². The van der Waals surface area contributed by atoms with Crippen molar-refractivity contribution >= 4 is 22.5 Å². The summed E-state index contributed by atoms with van der Waals surface area (Å²) in [6.45, 7) is 0. The molecule has 5 nitrogen and oxygen atoms in total. The molecular weight excluding hydrogens is 468 g/mol. The molecule has 0 saturated heterocycles. The van der Waals surface area contributed by atoms with Gasteiger partial charge >= 0.3 is 0 Å². The van der Waals surface area contributed by atoms with Gasteiger partial charge in [0.2, 0.25) is 0 Å². The molecule has 3 N–H and O–H groups in total. The Bertz CT molecular complexity index is 1220. The van der Waals surface area contributed by atoms with Crippen LogP contribution in [0.15, 0.2) is 47.5 Å². The first-order valence-corrected chi connectivity index (χ1v) is 12.1. The molecule has 0 bridgehead atoms. The fourth-order valence-electron chi connectivity index (χ4n) is 4.20. The number of nitrogens with one attached hydrogen (secondary N) is 3. The second-order valence-electron chi connectivity index (χ2n) is 8.32. The van der Waals surface area contributed by atoms with E-state index in [0.29, 0.717) is 23.4 Å². The van der Waals surface area contributed by atoms with E-state index in [2.05, 4.69) is 10.0 Å². The number of nitrogens with zero attached hydrogens (tertiary/aromatic N) is 1. The summed E-state index contributed by atoms with van der Waals surface area (Å²) in [5, 5.41) is 2.44. The molecule has 3 aromatic rings. The highest BCUT2D eigenvalue weighted by molar-refractivity contribution is 7.84. The number of rotatable bonds is 6. The number of benzene rings is 2. The average molecular weight is 493 g/mol. The van der Waals surface area contributed by atoms with E-state index >= 15 is 0 Å². The molecule has 1 aliphatic rings. The highest BCUT2D eigenvalue weighted by atomic mass is 32.2. The predicted octanol–water partition coefficient (Wildman–Crippen LogP) is 5.42. The zero-order valence-electron chi connectivity index (χ0n) is 18.4. The van der Waals surface area contributed by atoms with Crippen molar-refractivity contribution in [3.05, 3.63) is 82.7 Å². The Morgan fingerprint density at radius 2 is 1.85 bits per heavy atom. The second-order valence-corrected chi connectivity index (χ2v) is 9.61. The van der Waals surface area contributed by atoms with Crippen molar-refractivity contribution in [3.8, 4) is 0 Å². The number of aromatic nitrogens is 1. The Balaban J connectivity index is 1.45. The van der Waals surface area contributed by atoms with E-state index in [-0.39, 0.29) is 17.5 Å². The van der Waals surface area contributed by atoms with Crippen LogP contribution in [0.2, 0.25) is 0 Å². The third-order valence-electron chi connectivity index (χ3n) is 5.88. The van der Waals surface area contributed by atoms with Crippen LogP contribution in [0.4, 0.5) is 23.2 Å². The number of fused-ring (bicyclic) bond motifs is 1. The van der Waals surface area contributed by atoms with Gasteiger partial charge in [0.25, 0.3) is 5.91 Å². The van der Waals surface area contributed by atoms with Crippen molar-refractivity contribution < 1.29 is 22.4 Å². The van der Waals surface area contributed by atoms with E-state index in [4.69, 9.17) is 4.78 Å². The summed E-state index contributed by atoms with van der Waals surface area (Å²) in [5.41, 5.74) is 1.89. The average Bonchev–Trinajstić information content (AvgIpc) is 3.05. The van der Waals surface area contributed by atoms with Gasteiger partial charge in [-0.3, -0.25) is 9.57 Å². The molecule has 180 valence electrons. The fraction of sp³-hybridized carbons (Fsp3) is 0.292. The van der Waals surface area contributed by atoms with Crippen LogP contribution in [0, 0.1) is 28.0 Å². The summed E-state index contributed by atoms with van der Waals surface area (Å²) in [4.78, 5) is 13.7. The van der Waals surface area contributed by atoms with Crippen LogP contribution in [-0.2, 0) is 30.8 Å². The number of aryl methyl sites for hydroxylation is 2. The molecule has 2 aromatic carbocycles. The Kier molecular flexibility index (Phi) is 7.18. The number of hydrogen-bond acceptors (Lipinski definition) is 2. The summed E-state index contributed by atoms with van der Waals surface area (Å²) in [6.07, 6.45) is 5.49. The van der Waals surface area contributed by atoms with Crippen molar-refractivity contribution in [2.45, 2.75) is 43.0 Å². The summed E-state index contributed by atoms with van der Waals surface area (Å²) >= 11 is 0. The van der Waals surface area contributed by atoms with Gasteiger partial charge in [0, 0.05) is 37.1 Å². The van der Waals surface area contributed by atoms with Crippen LogP contribution < -0.4 is 10.0 Å². The lowest BCUT2D eigenvalue weighted by atomic mass is 9.99. The maximum atomic E-state index is 13.5. The van der Waals surface area contributed by atoms with E-state index < -0.39 is 34.2 Å². The number of halogens is 4. The van der Waals surface area contributed by atoms with Crippen LogP contribution in [-0.4, -0.2) is 16.5 Å². The maximum absolute atomic E-state index is 13.5. The van der Waals surface area contributed by atoms with Crippen LogP contribution in [0.25, 0.3) is 0 Å². The van der Waals surface area contributed by atoms with Gasteiger partial charge in [0.1, 0.15) is 11.5 Å². The predicted molar refractivity (Wildman–Crippen MR) is 123 cm³/mol. The molecule has 10 heteroatoms. The van der Waals surface area contributed by atoms with Gasteiger partial charge in [-0.2, -0.15) is 0 Å². The number of anilines is 1. The molecule has 0 radical (unpaired) electrons. The van der Waals surface area contributed by atoms with Gasteiger partial charge in [0.15, 0.2) is 17.5 Å². The van der Waals surface area contributed by atoms with Gasteiger partial charge < -0.3 is 9.88 Å². The molecule has 1 aromatic heterocycles. The molecule has 1 aliphatic heterocycles. The number of carbonyl (C=O) groups excluding carboxylic acids is 1. The summed E-state index contributed by atoms with van der Waals surface area (Å²) in [6, 6.07) is 7.96. The second kappa shape index (κ2) is 10.1. The minimum atomic E-state index is -1.60. The molecule has 2 unspecified atom stereocenters. The monoisotopic (exact) mass is 492 g/mol. The van der Waals surface area contributed by atoms with E-state index in [1.807, 2.05) is 0 Å². The SMILES string of the molecule is Cn1cc2c(c1C(=O)Nc1cc(F)c(F)c(F)c1)CCC(CCCc1ccc(F)cc1)NS2=N. The molecule has 2 atom stereocenters. The molecule has 34 heavy (non-hydrogen) atoms. The Morgan fingerprint density at radius 1 is 1.18 bits per heavy atom. The molecular formula is C24H24F4N4OS. The lowest BCUT2D eigenvalue weighted by molar-refractivity contribution is 0.101. The molecule has 0 fully saturated rings. The lowest BCUT2D eigenvalue weighted by Crippen LogP contribution is -2.29. The maximum Gasteiger partial charge on any atom is 0.272 e. The molecule has 4 rings (SSSR count). The van der Waals surface area contributed by atoms with Crippen molar-refractivity contribution in [1.29, 1.82) is 4.78 Å². The zero-order valence-corrected chi connectivity index (χ0v) is 19.2. The van der Waals surface area contributed by atoms with Gasteiger partial charge in [0.05, 0.1) is 4.90 Å². The first kappa shape index (κ1) is 24.2. The highest BCUT2D eigenvalue weighted by Gasteiger charge is 2.27. The van der Waals surface area contributed by atoms with E-state index in [1.165, 1.54) is 12.1 Å². The molecule has 0 aliphatic carbocycles. The topological polar surface area (TPSA) is 69.9 Å². The molecule has 0 spiro atoms. The van der Waals surface area contributed by atoms with Crippen LogP contribution in [0.3, 0.4) is 0 Å². The third-order valence-corrected chi connectivity index (χ3v) is 7.24. The molecule has 0 saturated carbocycles. The van der Waals surface area contributed by atoms with Crippen molar-refractivity contribution in [2.24, 2.45) is 7.05 Å². The van der Waals surface area contributed by atoms with Gasteiger partial charge in [-0.25, -0.2) is 22.3 Å². The molecule has 1 amide bonds. The van der Waals surface area contributed by atoms with E-state index in [1.54, 1.807) is 29.9 Å². The lowest BCUT2D eigenvalue weighted by Gasteiger charge is -2.16. The molecule has 2 heterocycles. The third kappa shape index (κ3) is 5.23. The number of hydrogen-bond donors (Lipinski definition) is 3. The normalized spacial score (nSPS) is 17.8. The van der Waals surface area contributed by atoms with Crippen LogP contribution in [0.5, 0.6) is 0 Å². The summed E-state index contributed by atoms with van der Waals surface area (Å²) in [5.74, 6) is -5.22. The minimum absolute atomic E-state index is 0.0789. The van der Waals surface area contributed by atoms with Crippen molar-refractivity contribution in [1.82, 2.24) is 9.29 Å². The summed E-state index contributed by atoms with van der Waals surface area (Å²) in [7, 11) is 0.627. The first-order valence-electron chi connectivity index (χ1n) is 10.8. The minimum Gasteiger partial charge on any atom is -0.345 e. The zero-order chi connectivity index (χ0) is 24.4. The Morgan fingerprint density at radius 3 is 2.53 bits per heavy atom. The van der Waals surface area contributed by atoms with E-state index in [0.717, 1.165) is 42.5 Å². The first-order chi connectivity index (χ1) is 16.2. The Labute approximate surface area is 197 Å². The fourth-order valence-corrected chi connectivity index (χ4v) is 5.60. The smallest absolute Gasteiger partial charge is 0.272 e. The van der Waals surface area contributed by atoms with Crippen LogP contribution in [0.1, 0.15) is 40.9 Å². The highest BCUT2D eigenvalue weighted by Crippen LogP contribution is 2.28.